The van der Waals surface area contributed by atoms with E-state index in [1.165, 1.54) is 18.2 Å². The lowest BCUT2D eigenvalue weighted by atomic mass is 10.0. The number of carbonyl (C=O) groups excluding carboxylic acids is 1. The summed E-state index contributed by atoms with van der Waals surface area (Å²) in [7, 11) is -4.03. The van der Waals surface area contributed by atoms with E-state index in [0.717, 1.165) is 15.7 Å². The van der Waals surface area contributed by atoms with E-state index in [-0.39, 0.29) is 26.9 Å². The average Bonchev–Trinajstić information content (AvgIpc) is 2.74. The highest BCUT2D eigenvalue weighted by Gasteiger charge is 2.23. The van der Waals surface area contributed by atoms with Gasteiger partial charge in [-0.05, 0) is 43.3 Å². The Morgan fingerprint density at radius 2 is 1.63 bits per heavy atom. The Morgan fingerprint density at radius 1 is 0.933 bits per heavy atom. The lowest BCUT2D eigenvalue weighted by molar-refractivity contribution is 0.103. The highest BCUT2D eigenvalue weighted by Crippen LogP contribution is 2.22. The SMILES string of the molecule is Cc1ccc(S(=O)(=O)n2cc(C(=O)c3cccc(Br)c3)c(=O)c3ccccc32)cc1. The third kappa shape index (κ3) is 3.51. The molecule has 0 saturated carbocycles. The zero-order valence-corrected chi connectivity index (χ0v) is 18.3. The van der Waals surface area contributed by atoms with Crippen molar-refractivity contribution in [2.75, 3.05) is 0 Å². The molecule has 0 N–H and O–H groups in total. The molecule has 0 unspecified atom stereocenters. The van der Waals surface area contributed by atoms with E-state index in [2.05, 4.69) is 15.9 Å². The van der Waals surface area contributed by atoms with Gasteiger partial charge in [0.1, 0.15) is 0 Å². The van der Waals surface area contributed by atoms with Crippen LogP contribution >= 0.6 is 15.9 Å². The van der Waals surface area contributed by atoms with Gasteiger partial charge in [0, 0.05) is 21.6 Å². The summed E-state index contributed by atoms with van der Waals surface area (Å²) < 4.78 is 28.5. The quantitative estimate of drug-likeness (QED) is 0.401. The number of halogens is 1. The van der Waals surface area contributed by atoms with Crippen LogP contribution in [0.5, 0.6) is 0 Å². The van der Waals surface area contributed by atoms with Gasteiger partial charge in [-0.15, -0.1) is 0 Å². The number of rotatable bonds is 4. The summed E-state index contributed by atoms with van der Waals surface area (Å²) in [6, 6.07) is 19.4. The van der Waals surface area contributed by atoms with Crippen LogP contribution in [0, 0.1) is 6.92 Å². The zero-order chi connectivity index (χ0) is 21.5. The molecule has 7 heteroatoms. The van der Waals surface area contributed by atoms with Crippen molar-refractivity contribution in [3.63, 3.8) is 0 Å². The summed E-state index contributed by atoms with van der Waals surface area (Å²) in [4.78, 5) is 26.2. The second-order valence-electron chi connectivity index (χ2n) is 6.84. The van der Waals surface area contributed by atoms with Gasteiger partial charge in [0.2, 0.25) is 5.43 Å². The van der Waals surface area contributed by atoms with Crippen molar-refractivity contribution in [1.82, 2.24) is 3.97 Å². The van der Waals surface area contributed by atoms with E-state index in [9.17, 15) is 18.0 Å². The molecule has 0 aliphatic rings. The summed E-state index contributed by atoms with van der Waals surface area (Å²) in [6.45, 7) is 1.86. The van der Waals surface area contributed by atoms with E-state index < -0.39 is 21.2 Å². The van der Waals surface area contributed by atoms with E-state index in [1.807, 2.05) is 6.92 Å². The van der Waals surface area contributed by atoms with E-state index >= 15 is 0 Å². The Morgan fingerprint density at radius 3 is 2.33 bits per heavy atom. The van der Waals surface area contributed by atoms with Crippen molar-refractivity contribution < 1.29 is 13.2 Å². The van der Waals surface area contributed by atoms with Crippen LogP contribution in [0.4, 0.5) is 0 Å². The van der Waals surface area contributed by atoms with Gasteiger partial charge >= 0.3 is 0 Å². The second-order valence-corrected chi connectivity index (χ2v) is 9.57. The van der Waals surface area contributed by atoms with Gasteiger partial charge < -0.3 is 0 Å². The number of hydrogen-bond acceptors (Lipinski definition) is 4. The van der Waals surface area contributed by atoms with Gasteiger partial charge in [-0.2, -0.15) is 0 Å². The number of nitrogens with zero attached hydrogens (tertiary/aromatic N) is 1. The van der Waals surface area contributed by atoms with Crippen LogP contribution in [0.25, 0.3) is 10.9 Å². The van der Waals surface area contributed by atoms with E-state index in [0.29, 0.717) is 4.47 Å². The van der Waals surface area contributed by atoms with Crippen LogP contribution in [-0.4, -0.2) is 18.2 Å². The molecule has 0 radical (unpaired) electrons. The Balaban J connectivity index is 2.01. The molecule has 1 aromatic heterocycles. The molecule has 0 fully saturated rings. The Labute approximate surface area is 181 Å². The number of carbonyl (C=O) groups is 1. The van der Waals surface area contributed by atoms with Gasteiger partial charge in [-0.3, -0.25) is 9.59 Å². The fourth-order valence-corrected chi connectivity index (χ4v) is 4.99. The number of para-hydroxylation sites is 1. The minimum absolute atomic E-state index is 0.0720. The Bertz CT molecular complexity index is 1460. The molecule has 0 saturated heterocycles. The van der Waals surface area contributed by atoms with Crippen LogP contribution in [0.2, 0.25) is 0 Å². The summed E-state index contributed by atoms with van der Waals surface area (Å²) in [5.74, 6) is -0.542. The zero-order valence-electron chi connectivity index (χ0n) is 15.9. The Kier molecular flexibility index (Phi) is 5.17. The number of ketones is 1. The first-order chi connectivity index (χ1) is 14.3. The minimum Gasteiger partial charge on any atom is -0.288 e. The topological polar surface area (TPSA) is 73.2 Å². The third-order valence-corrected chi connectivity index (χ3v) is 6.97. The molecule has 0 spiro atoms. The lowest BCUT2D eigenvalue weighted by Crippen LogP contribution is -2.23. The molecule has 4 rings (SSSR count). The van der Waals surface area contributed by atoms with E-state index in [1.54, 1.807) is 54.6 Å². The summed E-state index contributed by atoms with van der Waals surface area (Å²) in [6.07, 6.45) is 1.13. The predicted octanol–water partition coefficient (Wildman–Crippen LogP) is 4.54. The molecule has 0 aliphatic heterocycles. The van der Waals surface area contributed by atoms with Crippen molar-refractivity contribution in [2.24, 2.45) is 0 Å². The summed E-state index contributed by atoms with van der Waals surface area (Å²) in [5.41, 5.74) is 0.711. The van der Waals surface area contributed by atoms with E-state index in [4.69, 9.17) is 0 Å². The van der Waals surface area contributed by atoms with Gasteiger partial charge in [0.05, 0.1) is 16.0 Å². The highest BCUT2D eigenvalue weighted by atomic mass is 79.9. The molecule has 0 bridgehead atoms. The highest BCUT2D eigenvalue weighted by molar-refractivity contribution is 9.10. The normalized spacial score (nSPS) is 11.5. The molecular formula is C23H16BrNO4S. The fraction of sp³-hybridized carbons (Fsp3) is 0.0435. The smallest absolute Gasteiger partial charge is 0.268 e. The maximum atomic E-state index is 13.4. The second kappa shape index (κ2) is 7.66. The minimum atomic E-state index is -4.03. The number of benzene rings is 3. The number of fused-ring (bicyclic) bond motifs is 1. The fourth-order valence-electron chi connectivity index (χ4n) is 3.22. The van der Waals surface area contributed by atoms with Crippen LogP contribution in [0.1, 0.15) is 21.5 Å². The van der Waals surface area contributed by atoms with Crippen LogP contribution < -0.4 is 5.43 Å². The molecule has 0 atom stereocenters. The van der Waals surface area contributed by atoms with Gasteiger partial charge in [-0.25, -0.2) is 12.4 Å². The molecule has 5 nitrogen and oxygen atoms in total. The monoisotopic (exact) mass is 481 g/mol. The van der Waals surface area contributed by atoms with Crippen LogP contribution in [-0.2, 0) is 10.0 Å². The van der Waals surface area contributed by atoms with Crippen molar-refractivity contribution >= 4 is 42.6 Å². The maximum Gasteiger partial charge on any atom is 0.268 e. The molecule has 0 aliphatic carbocycles. The first-order valence-corrected chi connectivity index (χ1v) is 11.3. The predicted molar refractivity (Wildman–Crippen MR) is 120 cm³/mol. The van der Waals surface area contributed by atoms with Gasteiger partial charge in [-0.1, -0.05) is 57.9 Å². The summed E-state index contributed by atoms with van der Waals surface area (Å²) >= 11 is 3.31. The van der Waals surface area contributed by atoms with Gasteiger partial charge in [0.25, 0.3) is 10.0 Å². The van der Waals surface area contributed by atoms with Crippen LogP contribution in [0.15, 0.2) is 93.2 Å². The van der Waals surface area contributed by atoms with Crippen molar-refractivity contribution in [3.05, 3.63) is 110 Å². The standard InChI is InChI=1S/C23H16BrNO4S/c1-15-9-11-18(12-10-15)30(28,29)25-14-20(22(26)16-5-4-6-17(24)13-16)23(27)19-7-2-3-8-21(19)25/h2-14H,1H3. The molecule has 3 aromatic carbocycles. The van der Waals surface area contributed by atoms with Crippen molar-refractivity contribution in [3.8, 4) is 0 Å². The molecular weight excluding hydrogens is 466 g/mol. The lowest BCUT2D eigenvalue weighted by Gasteiger charge is -2.14. The third-order valence-electron chi connectivity index (χ3n) is 4.79. The molecule has 0 amide bonds. The average molecular weight is 482 g/mol. The maximum absolute atomic E-state index is 13.4. The molecule has 150 valence electrons. The number of aromatic nitrogens is 1. The van der Waals surface area contributed by atoms with Crippen molar-refractivity contribution in [2.45, 2.75) is 11.8 Å². The van der Waals surface area contributed by atoms with Crippen LogP contribution in [0.3, 0.4) is 0 Å². The first kappa shape index (κ1) is 20.3. The summed E-state index contributed by atoms with van der Waals surface area (Å²) in [5, 5.41) is 0.161. The first-order valence-electron chi connectivity index (χ1n) is 9.06. The number of hydrogen-bond donors (Lipinski definition) is 0. The number of pyridine rings is 1. The molecule has 30 heavy (non-hydrogen) atoms. The molecule has 1 heterocycles. The number of aryl methyl sites for hydroxylation is 1. The Hall–Kier alpha value is -3.03. The van der Waals surface area contributed by atoms with Gasteiger partial charge in [0.15, 0.2) is 5.78 Å². The largest absolute Gasteiger partial charge is 0.288 e. The van der Waals surface area contributed by atoms with Crippen molar-refractivity contribution in [1.29, 1.82) is 0 Å². The molecule has 4 aromatic rings.